The summed E-state index contributed by atoms with van der Waals surface area (Å²) >= 11 is 1.44. The lowest BCUT2D eigenvalue weighted by Crippen LogP contribution is -2.09. The minimum absolute atomic E-state index is 0.326. The summed E-state index contributed by atoms with van der Waals surface area (Å²) < 4.78 is 5.11. The van der Waals surface area contributed by atoms with Gasteiger partial charge in [-0.05, 0) is 19.1 Å². The SMILES string of the molecule is Cc1nc(C(=O)OCCc2ccccn2)cs1. The highest BCUT2D eigenvalue weighted by molar-refractivity contribution is 7.09. The van der Waals surface area contributed by atoms with Crippen molar-refractivity contribution in [3.05, 3.63) is 46.2 Å². The number of thiazole rings is 1. The number of aryl methyl sites for hydroxylation is 1. The molecule has 0 spiro atoms. The lowest BCUT2D eigenvalue weighted by atomic mass is 10.3. The normalized spacial score (nSPS) is 10.2. The summed E-state index contributed by atoms with van der Waals surface area (Å²) in [6.07, 6.45) is 2.34. The topological polar surface area (TPSA) is 52.1 Å². The molecule has 0 aliphatic carbocycles. The number of aromatic nitrogens is 2. The first-order chi connectivity index (χ1) is 8.25. The van der Waals surface area contributed by atoms with Crippen molar-refractivity contribution in [2.45, 2.75) is 13.3 Å². The average molecular weight is 248 g/mol. The molecule has 0 fully saturated rings. The zero-order valence-corrected chi connectivity index (χ0v) is 10.2. The van der Waals surface area contributed by atoms with Crippen LogP contribution in [0.15, 0.2) is 29.8 Å². The second-order valence-corrected chi connectivity index (χ2v) is 4.52. The highest BCUT2D eigenvalue weighted by Gasteiger charge is 2.10. The van der Waals surface area contributed by atoms with Crippen LogP contribution in [0.2, 0.25) is 0 Å². The highest BCUT2D eigenvalue weighted by atomic mass is 32.1. The van der Waals surface area contributed by atoms with E-state index in [9.17, 15) is 4.79 Å². The number of esters is 1. The maximum Gasteiger partial charge on any atom is 0.357 e. The molecule has 0 atom stereocenters. The molecular formula is C12H12N2O2S. The minimum Gasteiger partial charge on any atom is -0.461 e. The van der Waals surface area contributed by atoms with Crippen molar-refractivity contribution in [1.29, 1.82) is 0 Å². The van der Waals surface area contributed by atoms with Crippen LogP contribution in [-0.2, 0) is 11.2 Å². The zero-order chi connectivity index (χ0) is 12.1. The van der Waals surface area contributed by atoms with Gasteiger partial charge in [0.1, 0.15) is 0 Å². The van der Waals surface area contributed by atoms with Gasteiger partial charge in [0.05, 0.1) is 11.6 Å². The first-order valence-corrected chi connectivity index (χ1v) is 6.13. The summed E-state index contributed by atoms with van der Waals surface area (Å²) in [5, 5.41) is 2.57. The molecule has 0 aliphatic heterocycles. The molecule has 0 aliphatic rings. The number of ether oxygens (including phenoxy) is 1. The fourth-order valence-electron chi connectivity index (χ4n) is 1.33. The average Bonchev–Trinajstić information content (AvgIpc) is 2.77. The molecule has 2 aromatic rings. The minimum atomic E-state index is -0.370. The van der Waals surface area contributed by atoms with Gasteiger partial charge in [-0.25, -0.2) is 9.78 Å². The maximum atomic E-state index is 11.5. The van der Waals surface area contributed by atoms with Gasteiger partial charge in [0.15, 0.2) is 5.69 Å². The summed E-state index contributed by atoms with van der Waals surface area (Å²) in [6.45, 7) is 2.18. The van der Waals surface area contributed by atoms with E-state index in [1.165, 1.54) is 11.3 Å². The Hall–Kier alpha value is -1.75. The summed E-state index contributed by atoms with van der Waals surface area (Å²) in [4.78, 5) is 19.8. The molecule has 17 heavy (non-hydrogen) atoms. The first-order valence-electron chi connectivity index (χ1n) is 5.25. The van der Waals surface area contributed by atoms with Gasteiger partial charge in [-0.3, -0.25) is 4.98 Å². The number of carbonyl (C=O) groups is 1. The quantitative estimate of drug-likeness (QED) is 0.779. The van der Waals surface area contributed by atoms with Gasteiger partial charge in [0, 0.05) is 23.7 Å². The van der Waals surface area contributed by atoms with E-state index in [0.717, 1.165) is 10.7 Å². The molecule has 4 nitrogen and oxygen atoms in total. The fourth-order valence-corrected chi connectivity index (χ4v) is 1.91. The number of hydrogen-bond donors (Lipinski definition) is 0. The summed E-state index contributed by atoms with van der Waals surface area (Å²) in [5.74, 6) is -0.370. The Morgan fingerprint density at radius 2 is 2.35 bits per heavy atom. The van der Waals surface area contributed by atoms with Crippen LogP contribution in [-0.4, -0.2) is 22.5 Å². The van der Waals surface area contributed by atoms with Crippen molar-refractivity contribution in [3.63, 3.8) is 0 Å². The van der Waals surface area contributed by atoms with Gasteiger partial charge in [-0.15, -0.1) is 11.3 Å². The van der Waals surface area contributed by atoms with Gasteiger partial charge in [0.2, 0.25) is 0 Å². The van der Waals surface area contributed by atoms with Crippen LogP contribution in [0.25, 0.3) is 0 Å². The Labute approximate surface area is 103 Å². The Morgan fingerprint density at radius 3 is 3.00 bits per heavy atom. The third kappa shape index (κ3) is 3.35. The summed E-state index contributed by atoms with van der Waals surface area (Å²) in [6, 6.07) is 5.67. The first kappa shape index (κ1) is 11.7. The largest absolute Gasteiger partial charge is 0.461 e. The van der Waals surface area contributed by atoms with Crippen LogP contribution in [0.5, 0.6) is 0 Å². The van der Waals surface area contributed by atoms with Gasteiger partial charge < -0.3 is 4.74 Å². The van der Waals surface area contributed by atoms with Crippen LogP contribution >= 0.6 is 11.3 Å². The summed E-state index contributed by atoms with van der Waals surface area (Å²) in [7, 11) is 0. The van der Waals surface area contributed by atoms with Crippen LogP contribution in [0.1, 0.15) is 21.2 Å². The molecular weight excluding hydrogens is 236 g/mol. The van der Waals surface area contributed by atoms with Crippen LogP contribution in [0, 0.1) is 6.92 Å². The van der Waals surface area contributed by atoms with Crippen LogP contribution in [0.3, 0.4) is 0 Å². The van der Waals surface area contributed by atoms with Gasteiger partial charge in [0.25, 0.3) is 0 Å². The number of nitrogens with zero attached hydrogens (tertiary/aromatic N) is 2. The van der Waals surface area contributed by atoms with Crippen molar-refractivity contribution in [2.24, 2.45) is 0 Å². The van der Waals surface area contributed by atoms with E-state index in [2.05, 4.69) is 9.97 Å². The number of rotatable bonds is 4. The monoisotopic (exact) mass is 248 g/mol. The van der Waals surface area contributed by atoms with E-state index in [0.29, 0.717) is 18.7 Å². The number of pyridine rings is 1. The molecule has 2 rings (SSSR count). The van der Waals surface area contributed by atoms with Crippen molar-refractivity contribution < 1.29 is 9.53 Å². The summed E-state index contributed by atoms with van der Waals surface area (Å²) in [5.41, 5.74) is 1.29. The molecule has 2 heterocycles. The molecule has 0 radical (unpaired) electrons. The molecule has 88 valence electrons. The second kappa shape index (κ2) is 5.54. The smallest absolute Gasteiger partial charge is 0.357 e. The van der Waals surface area contributed by atoms with Gasteiger partial charge in [-0.2, -0.15) is 0 Å². The van der Waals surface area contributed by atoms with Crippen molar-refractivity contribution >= 4 is 17.3 Å². The number of carbonyl (C=O) groups excluding carboxylic acids is 1. The van der Waals surface area contributed by atoms with Crippen LogP contribution in [0.4, 0.5) is 0 Å². The molecule has 0 saturated carbocycles. The standard InChI is InChI=1S/C12H12N2O2S/c1-9-14-11(8-17-9)12(15)16-7-5-10-4-2-3-6-13-10/h2-4,6,8H,5,7H2,1H3. The Morgan fingerprint density at radius 1 is 1.47 bits per heavy atom. The van der Waals surface area contributed by atoms with Crippen molar-refractivity contribution in [2.75, 3.05) is 6.61 Å². The molecule has 0 unspecified atom stereocenters. The Kier molecular flexibility index (Phi) is 3.82. The predicted octanol–water partition coefficient (Wildman–Crippen LogP) is 2.25. The van der Waals surface area contributed by atoms with Crippen molar-refractivity contribution in [3.8, 4) is 0 Å². The molecule has 0 bridgehead atoms. The van der Waals surface area contributed by atoms with E-state index < -0.39 is 0 Å². The van der Waals surface area contributed by atoms with E-state index in [1.807, 2.05) is 25.1 Å². The lowest BCUT2D eigenvalue weighted by Gasteiger charge is -2.02. The third-order valence-electron chi connectivity index (χ3n) is 2.15. The highest BCUT2D eigenvalue weighted by Crippen LogP contribution is 2.09. The van der Waals surface area contributed by atoms with E-state index >= 15 is 0 Å². The van der Waals surface area contributed by atoms with E-state index in [4.69, 9.17) is 4.74 Å². The Bertz CT molecular complexity index is 496. The molecule has 0 N–H and O–H groups in total. The van der Waals surface area contributed by atoms with E-state index in [-0.39, 0.29) is 5.97 Å². The molecule has 0 aromatic carbocycles. The molecule has 0 saturated heterocycles. The van der Waals surface area contributed by atoms with Gasteiger partial charge in [-0.1, -0.05) is 6.07 Å². The van der Waals surface area contributed by atoms with Crippen molar-refractivity contribution in [1.82, 2.24) is 9.97 Å². The predicted molar refractivity (Wildman–Crippen MR) is 65.1 cm³/mol. The Balaban J connectivity index is 1.81. The zero-order valence-electron chi connectivity index (χ0n) is 9.42. The fraction of sp³-hybridized carbons (Fsp3) is 0.250. The number of hydrogen-bond acceptors (Lipinski definition) is 5. The molecule has 0 amide bonds. The third-order valence-corrected chi connectivity index (χ3v) is 2.92. The van der Waals surface area contributed by atoms with E-state index in [1.54, 1.807) is 11.6 Å². The molecule has 2 aromatic heterocycles. The van der Waals surface area contributed by atoms with Gasteiger partial charge >= 0.3 is 5.97 Å². The molecule has 5 heteroatoms. The maximum absolute atomic E-state index is 11.5. The second-order valence-electron chi connectivity index (χ2n) is 3.46. The van der Waals surface area contributed by atoms with Crippen LogP contribution < -0.4 is 0 Å². The lowest BCUT2D eigenvalue weighted by molar-refractivity contribution is 0.0502.